The van der Waals surface area contributed by atoms with Crippen LogP contribution in [0.4, 0.5) is 0 Å². The average molecular weight is 735 g/mol. The van der Waals surface area contributed by atoms with Gasteiger partial charge in [-0.1, -0.05) is 112 Å². The summed E-state index contributed by atoms with van der Waals surface area (Å²) in [5.74, 6) is 0.298. The van der Waals surface area contributed by atoms with Gasteiger partial charge in [-0.05, 0) is 60.6 Å². The van der Waals surface area contributed by atoms with Gasteiger partial charge in [-0.3, -0.25) is 9.79 Å². The van der Waals surface area contributed by atoms with Crippen LogP contribution >= 0.6 is 7.82 Å². The molecule has 0 bridgehead atoms. The Morgan fingerprint density at radius 3 is 1.47 bits per heavy atom. The number of hydrogen-bond donors (Lipinski definition) is 2. The van der Waals surface area contributed by atoms with E-state index in [0.29, 0.717) is 29.7 Å². The monoisotopic (exact) mass is 734 g/mol. The molecular weight excluding hydrogens is 692 g/mol. The SMILES string of the molecule is C=CCc1ccccc1S(=O)(=O)[O-].C=CCc1ccccc1S(=O)(=O)[O-].CCCCCCCCCc1ccccc1OP(=O)(O)O.[Ca+2]. The molecule has 0 aliphatic heterocycles. The molecule has 0 radical (unpaired) electrons. The third-order valence-electron chi connectivity index (χ3n) is 6.45. The van der Waals surface area contributed by atoms with Crippen molar-refractivity contribution in [3.8, 4) is 5.75 Å². The van der Waals surface area contributed by atoms with Gasteiger partial charge in [0.2, 0.25) is 0 Å². The summed E-state index contributed by atoms with van der Waals surface area (Å²) < 4.78 is 80.0. The molecule has 0 saturated carbocycles. The molecule has 0 aliphatic carbocycles. The van der Waals surface area contributed by atoms with Gasteiger partial charge in [-0.2, -0.15) is 0 Å². The molecule has 2 N–H and O–H groups in total. The Kier molecular flexibility index (Phi) is 22.6. The van der Waals surface area contributed by atoms with E-state index in [1.807, 2.05) is 12.1 Å². The van der Waals surface area contributed by atoms with E-state index in [1.165, 1.54) is 56.4 Å². The minimum atomic E-state index is -4.47. The van der Waals surface area contributed by atoms with E-state index in [9.17, 15) is 30.5 Å². The van der Waals surface area contributed by atoms with Gasteiger partial charge in [-0.25, -0.2) is 21.4 Å². The number of allylic oxidation sites excluding steroid dienone is 2. The molecule has 0 saturated heterocycles. The van der Waals surface area contributed by atoms with Crippen molar-refractivity contribution in [3.63, 3.8) is 0 Å². The van der Waals surface area contributed by atoms with Crippen molar-refractivity contribution in [1.82, 2.24) is 0 Å². The quantitative estimate of drug-likeness (QED) is 0.0528. The standard InChI is InChI=1S/C15H25O4P.2C9H10O3S.Ca/c1-2-3-4-5-6-7-8-11-14-12-9-10-13-15(14)19-20(16,17)18;2*1-2-5-8-6-3-4-7-9(8)13(10,11)12;/h9-10,12-13H,2-8,11H2,1H3,(H2,16,17,18);2*2-4,6-7H,1,5H2,(H,10,11,12);/q;;;+2/p-2. The molecule has 0 aliphatic rings. The van der Waals surface area contributed by atoms with Crippen LogP contribution in [0.3, 0.4) is 0 Å². The molecule has 0 aromatic heterocycles. The molecule has 0 unspecified atom stereocenters. The summed E-state index contributed by atoms with van der Waals surface area (Å²) in [6.07, 6.45) is 13.2. The van der Waals surface area contributed by atoms with Gasteiger partial charge in [0.25, 0.3) is 0 Å². The van der Waals surface area contributed by atoms with Crippen molar-refractivity contribution in [2.24, 2.45) is 0 Å². The Balaban J connectivity index is 0.000000693. The molecular formula is C33H43CaO10PS2. The van der Waals surface area contributed by atoms with Crippen molar-refractivity contribution in [1.29, 1.82) is 0 Å². The molecule has 47 heavy (non-hydrogen) atoms. The Morgan fingerprint density at radius 1 is 0.681 bits per heavy atom. The van der Waals surface area contributed by atoms with Crippen LogP contribution in [0.2, 0.25) is 0 Å². The maximum atomic E-state index is 10.9. The first-order chi connectivity index (χ1) is 21.6. The first kappa shape index (κ1) is 45.2. The van der Waals surface area contributed by atoms with Crippen LogP contribution in [0, 0.1) is 0 Å². The molecule has 3 rings (SSSR count). The van der Waals surface area contributed by atoms with Crippen molar-refractivity contribution >= 4 is 65.8 Å². The maximum Gasteiger partial charge on any atom is 2.00 e. The summed E-state index contributed by atoms with van der Waals surface area (Å²) in [4.78, 5) is 17.4. The van der Waals surface area contributed by atoms with Gasteiger partial charge >= 0.3 is 45.6 Å². The first-order valence-corrected chi connectivity index (χ1v) is 19.1. The summed E-state index contributed by atoms with van der Waals surface area (Å²) in [6.45, 7) is 9.17. The summed E-state index contributed by atoms with van der Waals surface area (Å²) >= 11 is 0. The largest absolute Gasteiger partial charge is 2.00 e. The second-order valence-corrected chi connectivity index (χ2v) is 14.0. The van der Waals surface area contributed by atoms with Crippen LogP contribution in [0.15, 0.2) is 108 Å². The van der Waals surface area contributed by atoms with Crippen LogP contribution in [0.25, 0.3) is 0 Å². The molecule has 0 spiro atoms. The molecule has 10 nitrogen and oxygen atoms in total. The Hall–Kier alpha value is -1.83. The van der Waals surface area contributed by atoms with E-state index in [4.69, 9.17) is 14.3 Å². The summed E-state index contributed by atoms with van der Waals surface area (Å²) in [6, 6.07) is 19.3. The molecule has 254 valence electrons. The zero-order valence-electron chi connectivity index (χ0n) is 26.7. The topological polar surface area (TPSA) is 181 Å². The fourth-order valence-corrected chi connectivity index (χ4v) is 6.21. The van der Waals surface area contributed by atoms with Gasteiger partial charge < -0.3 is 13.6 Å². The van der Waals surface area contributed by atoms with Crippen LogP contribution < -0.4 is 4.52 Å². The third kappa shape index (κ3) is 19.7. The van der Waals surface area contributed by atoms with Crippen molar-refractivity contribution in [3.05, 3.63) is 115 Å². The zero-order valence-corrected chi connectivity index (χ0v) is 31.4. The van der Waals surface area contributed by atoms with Gasteiger partial charge in [0.15, 0.2) is 0 Å². The maximum absolute atomic E-state index is 10.9. The van der Waals surface area contributed by atoms with Crippen molar-refractivity contribution in [2.45, 2.75) is 80.9 Å². The average Bonchev–Trinajstić information content (AvgIpc) is 2.97. The second kappa shape index (κ2) is 23.5. The van der Waals surface area contributed by atoms with Crippen molar-refractivity contribution in [2.75, 3.05) is 0 Å². The molecule has 0 fully saturated rings. The van der Waals surface area contributed by atoms with E-state index < -0.39 is 28.1 Å². The summed E-state index contributed by atoms with van der Waals surface area (Å²) in [7, 11) is -13.2. The van der Waals surface area contributed by atoms with Crippen molar-refractivity contribution < 1.29 is 44.8 Å². The summed E-state index contributed by atoms with van der Waals surface area (Å²) in [5.41, 5.74) is 1.85. The van der Waals surface area contributed by atoms with Gasteiger partial charge in [-0.15, -0.1) is 13.2 Å². The number of para-hydroxylation sites is 1. The van der Waals surface area contributed by atoms with E-state index in [-0.39, 0.29) is 47.5 Å². The molecule has 3 aromatic carbocycles. The van der Waals surface area contributed by atoms with Crippen LogP contribution in [0.5, 0.6) is 5.75 Å². The van der Waals surface area contributed by atoms with E-state index in [0.717, 1.165) is 24.8 Å². The smallest absolute Gasteiger partial charge is 0.744 e. The fourth-order valence-electron chi connectivity index (χ4n) is 4.34. The van der Waals surface area contributed by atoms with Gasteiger partial charge in [0.1, 0.15) is 26.0 Å². The number of benzene rings is 3. The van der Waals surface area contributed by atoms with E-state index >= 15 is 0 Å². The predicted octanol–water partition coefficient (Wildman–Crippen LogP) is 6.71. The number of phosphoric ester groups is 1. The Bertz CT molecular complexity index is 1560. The number of rotatable bonds is 16. The minimum absolute atomic E-state index is 0. The normalized spacial score (nSPS) is 11.1. The Morgan fingerprint density at radius 2 is 1.06 bits per heavy atom. The number of aryl methyl sites for hydroxylation is 1. The van der Waals surface area contributed by atoms with Crippen LogP contribution in [-0.4, -0.2) is 73.5 Å². The van der Waals surface area contributed by atoms with Gasteiger partial charge in [0, 0.05) is 0 Å². The molecule has 0 atom stereocenters. The number of hydrogen-bond acceptors (Lipinski definition) is 8. The van der Waals surface area contributed by atoms with E-state index in [2.05, 4.69) is 20.1 Å². The molecule has 0 amide bonds. The predicted molar refractivity (Wildman–Crippen MR) is 183 cm³/mol. The zero-order chi connectivity index (χ0) is 34.6. The first-order valence-electron chi connectivity index (χ1n) is 14.8. The number of phosphoric acid groups is 1. The van der Waals surface area contributed by atoms with Gasteiger partial charge in [0.05, 0.1) is 9.79 Å². The minimum Gasteiger partial charge on any atom is -0.744 e. The summed E-state index contributed by atoms with van der Waals surface area (Å²) in [5, 5.41) is 0. The van der Waals surface area contributed by atoms with E-state index in [1.54, 1.807) is 48.6 Å². The molecule has 3 aromatic rings. The van der Waals surface area contributed by atoms with Crippen LogP contribution in [-0.2, 0) is 44.1 Å². The molecule has 0 heterocycles. The second-order valence-electron chi connectivity index (χ2n) is 10.2. The molecule has 14 heteroatoms. The van der Waals surface area contributed by atoms with Crippen LogP contribution in [0.1, 0.15) is 68.6 Å². The fraction of sp³-hybridized carbons (Fsp3) is 0.333. The number of unbranched alkanes of at least 4 members (excludes halogenated alkanes) is 6. The third-order valence-corrected chi connectivity index (χ3v) is 8.76. The Labute approximate surface area is 309 Å².